The second-order valence-corrected chi connectivity index (χ2v) is 9.60. The van der Waals surface area contributed by atoms with Crippen LogP contribution in [0.1, 0.15) is 69.4 Å². The summed E-state index contributed by atoms with van der Waals surface area (Å²) in [6.45, 7) is 3.38. The fourth-order valence-electron chi connectivity index (χ4n) is 3.58. The number of likely N-dealkylation sites (tertiary alicyclic amines) is 1. The zero-order chi connectivity index (χ0) is 19.0. The third-order valence-electron chi connectivity index (χ3n) is 5.35. The lowest BCUT2D eigenvalue weighted by molar-refractivity contribution is 0.0962. The third kappa shape index (κ3) is 6.47. The van der Waals surface area contributed by atoms with Crippen LogP contribution in [0.15, 0.2) is 24.3 Å². The van der Waals surface area contributed by atoms with E-state index in [-0.39, 0.29) is 13.0 Å². The summed E-state index contributed by atoms with van der Waals surface area (Å²) in [6.07, 6.45) is 10.4. The van der Waals surface area contributed by atoms with Crippen molar-refractivity contribution in [3.63, 3.8) is 0 Å². The molecule has 0 aromatic heterocycles. The molecule has 1 atom stereocenters. The maximum Gasteiger partial charge on any atom is 0.358 e. The van der Waals surface area contributed by atoms with E-state index in [2.05, 4.69) is 31.2 Å². The molecule has 0 unspecified atom stereocenters. The van der Waals surface area contributed by atoms with Crippen molar-refractivity contribution in [2.75, 3.05) is 13.1 Å². The van der Waals surface area contributed by atoms with Gasteiger partial charge in [0, 0.05) is 26.1 Å². The lowest BCUT2D eigenvalue weighted by Gasteiger charge is -2.24. The molecule has 1 heterocycles. The van der Waals surface area contributed by atoms with Gasteiger partial charge in [0.05, 0.1) is 0 Å². The molecule has 0 saturated carbocycles. The minimum Gasteiger partial charge on any atom is -0.376 e. The predicted molar refractivity (Wildman–Crippen MR) is 105 cm³/mol. The number of β-amino-alcohol motifs (C(OH)–C–C–N with tert-alkyl or cyclic N) is 1. The van der Waals surface area contributed by atoms with Crippen LogP contribution in [0, 0.1) is 0 Å². The van der Waals surface area contributed by atoms with E-state index in [0.29, 0.717) is 13.1 Å². The molecule has 1 aromatic carbocycles. The molecule has 1 aromatic rings. The Bertz CT molecular complexity index is 586. The lowest BCUT2D eigenvalue weighted by atomic mass is 10.0. The molecule has 1 fully saturated rings. The van der Waals surface area contributed by atoms with Crippen LogP contribution in [0.2, 0.25) is 0 Å². The SMILES string of the molecule is CCCCCCCCCc1ccc(CN2CC[C@@](O)(P(=O)(O)O)C2)cc1. The highest BCUT2D eigenvalue weighted by Crippen LogP contribution is 2.53. The van der Waals surface area contributed by atoms with Crippen LogP contribution < -0.4 is 0 Å². The summed E-state index contributed by atoms with van der Waals surface area (Å²) < 4.78 is 11.4. The molecule has 0 aliphatic carbocycles. The number of hydrogen-bond acceptors (Lipinski definition) is 3. The topological polar surface area (TPSA) is 81.0 Å². The van der Waals surface area contributed by atoms with Crippen LogP contribution in [0.25, 0.3) is 0 Å². The Balaban J connectivity index is 1.70. The Hall–Kier alpha value is -0.710. The third-order valence-corrected chi connectivity index (χ3v) is 6.80. The average molecular weight is 383 g/mol. The van der Waals surface area contributed by atoms with E-state index < -0.39 is 12.9 Å². The number of hydrogen-bond donors (Lipinski definition) is 3. The van der Waals surface area contributed by atoms with Gasteiger partial charge in [0.15, 0.2) is 5.34 Å². The van der Waals surface area contributed by atoms with Crippen molar-refractivity contribution in [3.05, 3.63) is 35.4 Å². The summed E-state index contributed by atoms with van der Waals surface area (Å²) in [4.78, 5) is 20.5. The molecular weight excluding hydrogens is 349 g/mol. The first-order valence-electron chi connectivity index (χ1n) is 9.92. The van der Waals surface area contributed by atoms with Gasteiger partial charge in [0.1, 0.15) is 0 Å². The fourth-order valence-corrected chi connectivity index (χ4v) is 4.36. The summed E-state index contributed by atoms with van der Waals surface area (Å²) in [5.74, 6) is 0. The Morgan fingerprint density at radius 3 is 2.15 bits per heavy atom. The minimum absolute atomic E-state index is 0.0249. The summed E-state index contributed by atoms with van der Waals surface area (Å²) in [5.41, 5.74) is 2.46. The van der Waals surface area contributed by atoms with Crippen LogP contribution in [-0.4, -0.2) is 38.2 Å². The van der Waals surface area contributed by atoms with E-state index in [4.69, 9.17) is 0 Å². The van der Waals surface area contributed by atoms with Gasteiger partial charge in [-0.2, -0.15) is 0 Å². The van der Waals surface area contributed by atoms with E-state index in [1.165, 1.54) is 50.5 Å². The highest BCUT2D eigenvalue weighted by Gasteiger charge is 2.49. The number of aliphatic hydroxyl groups is 1. The first-order chi connectivity index (χ1) is 12.3. The fraction of sp³-hybridized carbons (Fsp3) is 0.700. The Morgan fingerprint density at radius 2 is 1.58 bits per heavy atom. The van der Waals surface area contributed by atoms with Crippen molar-refractivity contribution in [2.45, 2.75) is 76.6 Å². The minimum atomic E-state index is -4.49. The molecule has 3 N–H and O–H groups in total. The van der Waals surface area contributed by atoms with E-state index in [1.807, 2.05) is 4.90 Å². The highest BCUT2D eigenvalue weighted by atomic mass is 31.2. The number of unbranched alkanes of at least 4 members (excludes halogenated alkanes) is 6. The Kier molecular flexibility index (Phi) is 8.31. The molecule has 1 aliphatic rings. The first kappa shape index (κ1) is 21.6. The molecule has 1 saturated heterocycles. The van der Waals surface area contributed by atoms with Gasteiger partial charge in [-0.15, -0.1) is 0 Å². The van der Waals surface area contributed by atoms with E-state index in [0.717, 1.165) is 12.0 Å². The van der Waals surface area contributed by atoms with Crippen LogP contribution in [0.5, 0.6) is 0 Å². The van der Waals surface area contributed by atoms with E-state index >= 15 is 0 Å². The maximum absolute atomic E-state index is 11.4. The molecule has 148 valence electrons. The molecule has 1 aliphatic heterocycles. The van der Waals surface area contributed by atoms with Gasteiger partial charge in [0.2, 0.25) is 0 Å². The smallest absolute Gasteiger partial charge is 0.358 e. The summed E-state index contributed by atoms with van der Waals surface area (Å²) in [5, 5.41) is 8.22. The summed E-state index contributed by atoms with van der Waals surface area (Å²) in [7, 11) is -4.49. The Morgan fingerprint density at radius 1 is 1.00 bits per heavy atom. The van der Waals surface area contributed by atoms with Crippen molar-refractivity contribution in [1.29, 1.82) is 0 Å². The summed E-state index contributed by atoms with van der Waals surface area (Å²) in [6, 6.07) is 8.48. The van der Waals surface area contributed by atoms with E-state index in [1.54, 1.807) is 0 Å². The van der Waals surface area contributed by atoms with Crippen molar-refractivity contribution >= 4 is 7.60 Å². The molecule has 2 rings (SSSR count). The van der Waals surface area contributed by atoms with Gasteiger partial charge in [0.25, 0.3) is 0 Å². The second-order valence-electron chi connectivity index (χ2n) is 7.67. The van der Waals surface area contributed by atoms with Gasteiger partial charge < -0.3 is 14.9 Å². The highest BCUT2D eigenvalue weighted by molar-refractivity contribution is 7.53. The lowest BCUT2D eigenvalue weighted by Crippen LogP contribution is -2.32. The zero-order valence-electron chi connectivity index (χ0n) is 15.9. The summed E-state index contributed by atoms with van der Waals surface area (Å²) >= 11 is 0. The normalized spacial score (nSPS) is 21.4. The van der Waals surface area contributed by atoms with Gasteiger partial charge in [-0.05, 0) is 24.0 Å². The molecule has 6 heteroatoms. The quantitative estimate of drug-likeness (QED) is 0.397. The molecule has 0 spiro atoms. The van der Waals surface area contributed by atoms with Crippen LogP contribution in [0.4, 0.5) is 0 Å². The van der Waals surface area contributed by atoms with Crippen molar-refractivity contribution in [2.24, 2.45) is 0 Å². The molecule has 26 heavy (non-hydrogen) atoms. The van der Waals surface area contributed by atoms with Crippen molar-refractivity contribution in [3.8, 4) is 0 Å². The largest absolute Gasteiger partial charge is 0.376 e. The molecule has 0 amide bonds. The monoisotopic (exact) mass is 383 g/mol. The zero-order valence-corrected chi connectivity index (χ0v) is 16.8. The first-order valence-corrected chi connectivity index (χ1v) is 11.5. The molecule has 5 nitrogen and oxygen atoms in total. The predicted octanol–water partition coefficient (Wildman–Crippen LogP) is 4.05. The Labute approximate surface area is 157 Å². The number of rotatable bonds is 11. The average Bonchev–Trinajstić information content (AvgIpc) is 2.98. The second kappa shape index (κ2) is 10.0. The molecular formula is C20H34NO4P. The number of aryl methyl sites for hydroxylation is 1. The molecule has 0 radical (unpaired) electrons. The number of nitrogens with zero attached hydrogens (tertiary/aromatic N) is 1. The van der Waals surface area contributed by atoms with Crippen molar-refractivity contribution < 1.29 is 19.5 Å². The van der Waals surface area contributed by atoms with Crippen molar-refractivity contribution in [1.82, 2.24) is 4.90 Å². The number of benzene rings is 1. The maximum atomic E-state index is 11.4. The van der Waals surface area contributed by atoms with E-state index in [9.17, 15) is 19.5 Å². The van der Waals surface area contributed by atoms with Gasteiger partial charge >= 0.3 is 7.60 Å². The van der Waals surface area contributed by atoms with Gasteiger partial charge in [-0.25, -0.2) is 0 Å². The van der Waals surface area contributed by atoms with Crippen LogP contribution in [0.3, 0.4) is 0 Å². The van der Waals surface area contributed by atoms with Crippen LogP contribution in [-0.2, 0) is 17.5 Å². The van der Waals surface area contributed by atoms with Crippen LogP contribution >= 0.6 is 7.60 Å². The standard InChI is InChI=1S/C20H34NO4P/c1-2-3-4-5-6-7-8-9-18-10-12-19(13-11-18)16-21-15-14-20(22,17-21)26(23,24)25/h10-13,22H,2-9,14-17H2,1H3,(H2,23,24,25)/t20-/m1/s1. The molecule has 0 bridgehead atoms. The van der Waals surface area contributed by atoms with Gasteiger partial charge in [-0.1, -0.05) is 69.7 Å². The van der Waals surface area contributed by atoms with Gasteiger partial charge in [-0.3, -0.25) is 9.46 Å².